The summed E-state index contributed by atoms with van der Waals surface area (Å²) < 4.78 is 7.37. The van der Waals surface area contributed by atoms with Gasteiger partial charge < -0.3 is 4.74 Å². The molecule has 8 heteroatoms. The molecule has 2 heterocycles. The van der Waals surface area contributed by atoms with E-state index in [1.807, 2.05) is 0 Å². The summed E-state index contributed by atoms with van der Waals surface area (Å²) in [7, 11) is 0. The number of benzene rings is 1. The van der Waals surface area contributed by atoms with Crippen LogP contribution in [-0.2, 0) is 11.4 Å². The molecule has 0 unspecified atom stereocenters. The van der Waals surface area contributed by atoms with Crippen molar-refractivity contribution < 1.29 is 9.66 Å². The number of morpholine rings is 1. The highest BCUT2D eigenvalue weighted by Gasteiger charge is 2.23. The first-order valence-electron chi connectivity index (χ1n) is 7.53. The van der Waals surface area contributed by atoms with Crippen LogP contribution in [0.15, 0.2) is 30.6 Å². The van der Waals surface area contributed by atoms with Crippen molar-refractivity contribution >= 4 is 5.69 Å². The standard InChI is InChI=1S/C15H19N5O3/c1-11-8-23-12(2)7-18(11)10-19-9-16-15(17-19)13-4-3-5-14(6-13)20(21)22/h3-6,9,11-12H,7-8,10H2,1-2H3/t11-,12+/m0/s1. The Kier molecular flexibility index (Phi) is 4.35. The average Bonchev–Trinajstić information content (AvgIpc) is 3.00. The molecule has 3 rings (SSSR count). The van der Waals surface area contributed by atoms with Gasteiger partial charge in [-0.15, -0.1) is 5.10 Å². The third kappa shape index (κ3) is 3.54. The SMILES string of the molecule is C[C@@H]1CN(Cn2cnc(-c3cccc([N+](=O)[O-])c3)n2)[C@@H](C)CO1. The molecular formula is C15H19N5O3. The number of nitrogens with zero attached hydrogens (tertiary/aromatic N) is 5. The van der Waals surface area contributed by atoms with Gasteiger partial charge in [-0.1, -0.05) is 12.1 Å². The number of non-ortho nitro benzene ring substituents is 1. The Balaban J connectivity index is 1.75. The Hall–Kier alpha value is -2.32. The minimum Gasteiger partial charge on any atom is -0.376 e. The molecule has 1 aromatic carbocycles. The number of hydrogen-bond acceptors (Lipinski definition) is 6. The molecule has 0 N–H and O–H groups in total. The summed E-state index contributed by atoms with van der Waals surface area (Å²) in [6.07, 6.45) is 1.85. The number of ether oxygens (including phenoxy) is 1. The van der Waals surface area contributed by atoms with Crippen LogP contribution in [0, 0.1) is 10.1 Å². The van der Waals surface area contributed by atoms with Crippen LogP contribution in [0.1, 0.15) is 13.8 Å². The third-order valence-electron chi connectivity index (χ3n) is 3.92. The molecule has 1 saturated heterocycles. The normalized spacial score (nSPS) is 22.2. The topological polar surface area (TPSA) is 86.3 Å². The van der Waals surface area contributed by atoms with Gasteiger partial charge in [0.2, 0.25) is 0 Å². The Morgan fingerprint density at radius 3 is 3.04 bits per heavy atom. The Morgan fingerprint density at radius 1 is 1.43 bits per heavy atom. The van der Waals surface area contributed by atoms with Crippen LogP contribution in [0.2, 0.25) is 0 Å². The van der Waals surface area contributed by atoms with Crippen molar-refractivity contribution in [1.82, 2.24) is 19.7 Å². The van der Waals surface area contributed by atoms with E-state index in [0.29, 0.717) is 30.7 Å². The largest absolute Gasteiger partial charge is 0.376 e. The smallest absolute Gasteiger partial charge is 0.270 e. The minimum absolute atomic E-state index is 0.0366. The molecule has 1 aliphatic rings. The minimum atomic E-state index is -0.419. The summed E-state index contributed by atoms with van der Waals surface area (Å²) in [4.78, 5) is 17.0. The molecule has 0 radical (unpaired) electrons. The summed E-state index contributed by atoms with van der Waals surface area (Å²) in [6.45, 7) is 6.33. The van der Waals surface area contributed by atoms with Crippen molar-refractivity contribution in [2.75, 3.05) is 13.2 Å². The van der Waals surface area contributed by atoms with Crippen LogP contribution >= 0.6 is 0 Å². The monoisotopic (exact) mass is 317 g/mol. The number of aromatic nitrogens is 3. The van der Waals surface area contributed by atoms with Crippen LogP contribution in [0.4, 0.5) is 5.69 Å². The third-order valence-corrected chi connectivity index (χ3v) is 3.92. The molecule has 0 aliphatic carbocycles. The lowest BCUT2D eigenvalue weighted by Crippen LogP contribution is -2.47. The van der Waals surface area contributed by atoms with Crippen molar-refractivity contribution in [1.29, 1.82) is 0 Å². The zero-order chi connectivity index (χ0) is 16.4. The second-order valence-corrected chi connectivity index (χ2v) is 5.82. The molecule has 1 aromatic heterocycles. The summed E-state index contributed by atoms with van der Waals surface area (Å²) in [5.74, 6) is 0.489. The first-order chi connectivity index (χ1) is 11.0. The molecule has 122 valence electrons. The lowest BCUT2D eigenvalue weighted by Gasteiger charge is -2.36. The molecule has 0 amide bonds. The number of hydrogen-bond donors (Lipinski definition) is 0. The van der Waals surface area contributed by atoms with Crippen molar-refractivity contribution in [3.63, 3.8) is 0 Å². The number of nitro benzene ring substituents is 1. The second-order valence-electron chi connectivity index (χ2n) is 5.82. The van der Waals surface area contributed by atoms with Gasteiger partial charge in [0.25, 0.3) is 5.69 Å². The molecule has 23 heavy (non-hydrogen) atoms. The summed E-state index contributed by atoms with van der Waals surface area (Å²) >= 11 is 0. The molecule has 2 aromatic rings. The van der Waals surface area contributed by atoms with E-state index in [2.05, 4.69) is 28.8 Å². The number of rotatable bonds is 4. The maximum Gasteiger partial charge on any atom is 0.270 e. The van der Waals surface area contributed by atoms with E-state index < -0.39 is 4.92 Å². The van der Waals surface area contributed by atoms with Gasteiger partial charge in [-0.05, 0) is 13.8 Å². The van der Waals surface area contributed by atoms with Crippen LogP contribution in [-0.4, -0.2) is 49.9 Å². The van der Waals surface area contributed by atoms with E-state index >= 15 is 0 Å². The summed E-state index contributed by atoms with van der Waals surface area (Å²) in [5.41, 5.74) is 0.677. The fourth-order valence-electron chi connectivity index (χ4n) is 2.61. The van der Waals surface area contributed by atoms with Gasteiger partial charge in [0.1, 0.15) is 6.33 Å². The maximum atomic E-state index is 10.9. The highest BCUT2D eigenvalue weighted by atomic mass is 16.6. The Morgan fingerprint density at radius 2 is 2.26 bits per heavy atom. The van der Waals surface area contributed by atoms with Crippen LogP contribution < -0.4 is 0 Å². The predicted octanol–water partition coefficient (Wildman–Crippen LogP) is 1.92. The maximum absolute atomic E-state index is 10.9. The van der Waals surface area contributed by atoms with E-state index in [-0.39, 0.29) is 11.8 Å². The fraction of sp³-hybridized carbons (Fsp3) is 0.467. The van der Waals surface area contributed by atoms with Crippen LogP contribution in [0.5, 0.6) is 0 Å². The van der Waals surface area contributed by atoms with Crippen molar-refractivity contribution in [2.45, 2.75) is 32.7 Å². The molecule has 2 atom stereocenters. The molecule has 0 spiro atoms. The second kappa shape index (κ2) is 6.43. The van der Waals surface area contributed by atoms with Crippen molar-refractivity contribution in [3.05, 3.63) is 40.7 Å². The van der Waals surface area contributed by atoms with Gasteiger partial charge in [-0.3, -0.25) is 15.0 Å². The first-order valence-corrected chi connectivity index (χ1v) is 7.53. The molecule has 0 saturated carbocycles. The Bertz CT molecular complexity index is 702. The first kappa shape index (κ1) is 15.6. The van der Waals surface area contributed by atoms with E-state index in [1.165, 1.54) is 12.1 Å². The van der Waals surface area contributed by atoms with Gasteiger partial charge in [0, 0.05) is 30.3 Å². The van der Waals surface area contributed by atoms with Crippen LogP contribution in [0.3, 0.4) is 0 Å². The van der Waals surface area contributed by atoms with Gasteiger partial charge in [0.05, 0.1) is 24.3 Å². The lowest BCUT2D eigenvalue weighted by atomic mass is 10.2. The molecule has 1 fully saturated rings. The highest BCUT2D eigenvalue weighted by molar-refractivity contribution is 5.58. The van der Waals surface area contributed by atoms with Gasteiger partial charge in [-0.2, -0.15) is 0 Å². The number of nitro groups is 1. The van der Waals surface area contributed by atoms with E-state index in [4.69, 9.17) is 4.74 Å². The zero-order valence-electron chi connectivity index (χ0n) is 13.1. The average molecular weight is 317 g/mol. The molecule has 1 aliphatic heterocycles. The highest BCUT2D eigenvalue weighted by Crippen LogP contribution is 2.21. The van der Waals surface area contributed by atoms with E-state index in [9.17, 15) is 10.1 Å². The fourth-order valence-corrected chi connectivity index (χ4v) is 2.61. The lowest BCUT2D eigenvalue weighted by molar-refractivity contribution is -0.384. The summed E-state index contributed by atoms with van der Waals surface area (Å²) in [5, 5.41) is 15.3. The quantitative estimate of drug-likeness (QED) is 0.632. The van der Waals surface area contributed by atoms with E-state index in [0.717, 1.165) is 6.54 Å². The molecule has 8 nitrogen and oxygen atoms in total. The predicted molar refractivity (Wildman–Crippen MR) is 83.7 cm³/mol. The summed E-state index contributed by atoms with van der Waals surface area (Å²) in [6, 6.07) is 6.67. The zero-order valence-corrected chi connectivity index (χ0v) is 13.1. The van der Waals surface area contributed by atoms with Crippen LogP contribution in [0.25, 0.3) is 11.4 Å². The van der Waals surface area contributed by atoms with Crippen molar-refractivity contribution in [3.8, 4) is 11.4 Å². The molecule has 0 bridgehead atoms. The molecular weight excluding hydrogens is 298 g/mol. The van der Waals surface area contributed by atoms with Gasteiger partial charge >= 0.3 is 0 Å². The van der Waals surface area contributed by atoms with E-state index in [1.54, 1.807) is 23.1 Å². The van der Waals surface area contributed by atoms with Crippen molar-refractivity contribution in [2.24, 2.45) is 0 Å². The van der Waals surface area contributed by atoms with Gasteiger partial charge in [0.15, 0.2) is 5.82 Å². The van der Waals surface area contributed by atoms with Gasteiger partial charge in [-0.25, -0.2) is 9.67 Å². The Labute approximate surface area is 133 Å².